The monoisotopic (exact) mass is 155 g/mol. The number of rotatable bonds is 3. The van der Waals surface area contributed by atoms with E-state index in [1.807, 2.05) is 0 Å². The molecule has 0 saturated heterocycles. The summed E-state index contributed by atoms with van der Waals surface area (Å²) in [5, 5.41) is 15.6. The van der Waals surface area contributed by atoms with Crippen LogP contribution in [0.2, 0.25) is 0 Å². The molecule has 0 saturated carbocycles. The van der Waals surface area contributed by atoms with Crippen LogP contribution in [-0.4, -0.2) is 25.8 Å². The van der Waals surface area contributed by atoms with Crippen molar-refractivity contribution in [3.63, 3.8) is 0 Å². The largest absolute Gasteiger partial charge is 0.481 e. The van der Waals surface area contributed by atoms with Crippen molar-refractivity contribution in [2.75, 3.05) is 0 Å². The first-order valence-corrected chi connectivity index (χ1v) is 3.25. The molecule has 0 aliphatic carbocycles. The average molecular weight is 155 g/mol. The third-order valence-corrected chi connectivity index (χ3v) is 1.37. The van der Waals surface area contributed by atoms with Crippen LogP contribution in [0.25, 0.3) is 0 Å². The summed E-state index contributed by atoms with van der Waals surface area (Å²) in [6.45, 7) is 2.06. The smallest absolute Gasteiger partial charge is 0.308 e. The van der Waals surface area contributed by atoms with Crippen molar-refractivity contribution in [1.82, 2.24) is 14.8 Å². The van der Waals surface area contributed by atoms with Crippen LogP contribution in [-0.2, 0) is 11.3 Å². The van der Waals surface area contributed by atoms with Crippen molar-refractivity contribution in [2.24, 2.45) is 5.92 Å². The van der Waals surface area contributed by atoms with Crippen LogP contribution in [0, 0.1) is 5.92 Å². The van der Waals surface area contributed by atoms with E-state index in [1.165, 1.54) is 12.7 Å². The van der Waals surface area contributed by atoms with E-state index in [9.17, 15) is 4.79 Å². The zero-order chi connectivity index (χ0) is 8.27. The Balaban J connectivity index is 2.50. The van der Waals surface area contributed by atoms with Crippen molar-refractivity contribution >= 4 is 5.97 Å². The normalized spacial score (nSPS) is 12.8. The highest BCUT2D eigenvalue weighted by molar-refractivity contribution is 5.69. The molecule has 5 heteroatoms. The number of aliphatic carboxylic acids is 1. The van der Waals surface area contributed by atoms with E-state index in [2.05, 4.69) is 10.2 Å². The van der Waals surface area contributed by atoms with E-state index < -0.39 is 11.9 Å². The van der Waals surface area contributed by atoms with Crippen LogP contribution in [0.3, 0.4) is 0 Å². The maximum absolute atomic E-state index is 10.4. The second-order valence-corrected chi connectivity index (χ2v) is 2.40. The van der Waals surface area contributed by atoms with Gasteiger partial charge in [0.2, 0.25) is 0 Å². The summed E-state index contributed by atoms with van der Waals surface area (Å²) >= 11 is 0. The first-order chi connectivity index (χ1) is 5.20. The molecule has 60 valence electrons. The van der Waals surface area contributed by atoms with Crippen molar-refractivity contribution in [2.45, 2.75) is 13.5 Å². The molecule has 0 aromatic carbocycles. The van der Waals surface area contributed by atoms with Gasteiger partial charge in [-0.3, -0.25) is 4.79 Å². The van der Waals surface area contributed by atoms with Gasteiger partial charge in [-0.25, -0.2) is 0 Å². The quantitative estimate of drug-likeness (QED) is 0.667. The lowest BCUT2D eigenvalue weighted by Gasteiger charge is -2.04. The highest BCUT2D eigenvalue weighted by atomic mass is 16.4. The Labute approximate surface area is 63.7 Å². The van der Waals surface area contributed by atoms with E-state index in [1.54, 1.807) is 11.5 Å². The summed E-state index contributed by atoms with van der Waals surface area (Å²) in [6.07, 6.45) is 3.00. The van der Waals surface area contributed by atoms with Crippen LogP contribution < -0.4 is 0 Å². The van der Waals surface area contributed by atoms with Gasteiger partial charge >= 0.3 is 5.97 Å². The predicted octanol–water partition coefficient (Wildman–Crippen LogP) is -0.00120. The molecule has 0 amide bonds. The Bertz CT molecular complexity index is 232. The fourth-order valence-electron chi connectivity index (χ4n) is 0.711. The number of nitrogens with zero attached hydrogens (tertiary/aromatic N) is 3. The Morgan fingerprint density at radius 2 is 2.18 bits per heavy atom. The predicted molar refractivity (Wildman–Crippen MR) is 36.8 cm³/mol. The number of hydrogen-bond donors (Lipinski definition) is 1. The molecule has 1 rings (SSSR count). The first-order valence-electron chi connectivity index (χ1n) is 3.25. The Morgan fingerprint density at radius 1 is 1.64 bits per heavy atom. The zero-order valence-corrected chi connectivity index (χ0v) is 6.14. The molecular formula is C6H9N3O2. The van der Waals surface area contributed by atoms with Gasteiger partial charge in [-0.05, 0) is 0 Å². The van der Waals surface area contributed by atoms with Gasteiger partial charge in [0.25, 0.3) is 0 Å². The fraction of sp³-hybridized carbons (Fsp3) is 0.500. The number of carbonyl (C=O) groups is 1. The summed E-state index contributed by atoms with van der Waals surface area (Å²) in [5.74, 6) is -1.20. The third-order valence-electron chi connectivity index (χ3n) is 1.37. The molecule has 1 heterocycles. The first kappa shape index (κ1) is 7.71. The van der Waals surface area contributed by atoms with Crippen LogP contribution in [0.1, 0.15) is 6.92 Å². The number of aromatic nitrogens is 3. The van der Waals surface area contributed by atoms with E-state index in [4.69, 9.17) is 5.11 Å². The summed E-state index contributed by atoms with van der Waals surface area (Å²) in [4.78, 5) is 10.4. The van der Waals surface area contributed by atoms with Gasteiger partial charge in [0.15, 0.2) is 0 Å². The molecule has 0 fully saturated rings. The third kappa shape index (κ3) is 2.03. The molecule has 0 spiro atoms. The van der Waals surface area contributed by atoms with Crippen LogP contribution in [0.5, 0.6) is 0 Å². The van der Waals surface area contributed by atoms with E-state index >= 15 is 0 Å². The molecule has 1 atom stereocenters. The summed E-state index contributed by atoms with van der Waals surface area (Å²) < 4.78 is 1.64. The summed E-state index contributed by atoms with van der Waals surface area (Å²) in [6, 6.07) is 0. The zero-order valence-electron chi connectivity index (χ0n) is 6.14. The van der Waals surface area contributed by atoms with Gasteiger partial charge in [-0.1, -0.05) is 6.92 Å². The molecule has 1 aromatic rings. The number of carboxylic acids is 1. The topological polar surface area (TPSA) is 68.0 Å². The van der Waals surface area contributed by atoms with E-state index in [0.717, 1.165) is 0 Å². The molecule has 1 aromatic heterocycles. The fourth-order valence-corrected chi connectivity index (χ4v) is 0.711. The molecule has 11 heavy (non-hydrogen) atoms. The molecule has 0 aliphatic heterocycles. The van der Waals surface area contributed by atoms with Crippen LogP contribution in [0.4, 0.5) is 0 Å². The van der Waals surface area contributed by atoms with Crippen LogP contribution in [0.15, 0.2) is 12.7 Å². The van der Waals surface area contributed by atoms with Gasteiger partial charge < -0.3 is 9.67 Å². The van der Waals surface area contributed by atoms with Gasteiger partial charge in [-0.2, -0.15) is 0 Å². The van der Waals surface area contributed by atoms with E-state index in [0.29, 0.717) is 6.54 Å². The maximum Gasteiger partial charge on any atom is 0.308 e. The second-order valence-electron chi connectivity index (χ2n) is 2.40. The number of hydrogen-bond acceptors (Lipinski definition) is 3. The van der Waals surface area contributed by atoms with Gasteiger partial charge in [0.1, 0.15) is 12.7 Å². The minimum absolute atomic E-state index is 0.397. The van der Waals surface area contributed by atoms with Crippen molar-refractivity contribution < 1.29 is 9.90 Å². The maximum atomic E-state index is 10.4. The SMILES string of the molecule is CC(Cn1cnnc1)C(=O)O. The molecule has 0 aliphatic rings. The molecule has 1 unspecified atom stereocenters. The molecule has 0 bridgehead atoms. The minimum Gasteiger partial charge on any atom is -0.481 e. The lowest BCUT2D eigenvalue weighted by atomic mass is 10.2. The lowest BCUT2D eigenvalue weighted by molar-refractivity contribution is -0.141. The van der Waals surface area contributed by atoms with Gasteiger partial charge in [0, 0.05) is 6.54 Å². The molecular weight excluding hydrogens is 146 g/mol. The summed E-state index contributed by atoms with van der Waals surface area (Å²) in [5.41, 5.74) is 0. The lowest BCUT2D eigenvalue weighted by Crippen LogP contribution is -2.15. The highest BCUT2D eigenvalue weighted by Crippen LogP contribution is 1.98. The summed E-state index contributed by atoms with van der Waals surface area (Å²) in [7, 11) is 0. The Hall–Kier alpha value is -1.39. The van der Waals surface area contributed by atoms with Crippen molar-refractivity contribution in [3.8, 4) is 0 Å². The van der Waals surface area contributed by atoms with Crippen molar-refractivity contribution in [1.29, 1.82) is 0 Å². The standard InChI is InChI=1S/C6H9N3O2/c1-5(6(10)11)2-9-3-7-8-4-9/h3-5H,2H2,1H3,(H,10,11). The molecule has 1 N–H and O–H groups in total. The molecule has 0 radical (unpaired) electrons. The molecule has 5 nitrogen and oxygen atoms in total. The average Bonchev–Trinajstić information content (AvgIpc) is 2.39. The second kappa shape index (κ2) is 3.14. The minimum atomic E-state index is -0.807. The van der Waals surface area contributed by atoms with Crippen LogP contribution >= 0.6 is 0 Å². The number of carboxylic acid groups (broad SMARTS) is 1. The van der Waals surface area contributed by atoms with Crippen molar-refractivity contribution in [3.05, 3.63) is 12.7 Å². The van der Waals surface area contributed by atoms with E-state index in [-0.39, 0.29) is 0 Å². The Morgan fingerprint density at radius 3 is 2.64 bits per heavy atom. The van der Waals surface area contributed by atoms with Gasteiger partial charge in [-0.15, -0.1) is 10.2 Å². The Kier molecular flexibility index (Phi) is 2.20. The van der Waals surface area contributed by atoms with Gasteiger partial charge in [0.05, 0.1) is 5.92 Å². The highest BCUT2D eigenvalue weighted by Gasteiger charge is 2.10.